The summed E-state index contributed by atoms with van der Waals surface area (Å²) >= 11 is 0. The van der Waals surface area contributed by atoms with Crippen LogP contribution in [-0.4, -0.2) is 25.0 Å². The number of rotatable bonds is 0. The summed E-state index contributed by atoms with van der Waals surface area (Å²) in [5, 5.41) is 0. The van der Waals surface area contributed by atoms with Gasteiger partial charge in [-0.15, -0.1) is 0 Å². The van der Waals surface area contributed by atoms with Crippen molar-refractivity contribution >= 4 is 0 Å². The van der Waals surface area contributed by atoms with Gasteiger partial charge in [0.1, 0.15) is 0 Å². The van der Waals surface area contributed by atoms with E-state index in [4.69, 9.17) is 0 Å². The molecule has 0 amide bonds. The van der Waals surface area contributed by atoms with Gasteiger partial charge in [0.2, 0.25) is 0 Å². The quantitative estimate of drug-likeness (QED) is 0.518. The molecule has 1 aliphatic heterocycles. The minimum absolute atomic E-state index is 0.873. The molecule has 0 radical (unpaired) electrons. The molecule has 0 unspecified atom stereocenters. The van der Waals surface area contributed by atoms with Gasteiger partial charge in [0, 0.05) is 6.54 Å². The fourth-order valence-corrected chi connectivity index (χ4v) is 2.00. The van der Waals surface area contributed by atoms with Crippen molar-refractivity contribution in [2.24, 2.45) is 17.8 Å². The second-order valence-electron chi connectivity index (χ2n) is 4.36. The minimum atomic E-state index is 0.873. The van der Waals surface area contributed by atoms with Crippen LogP contribution in [0, 0.1) is 17.8 Å². The number of likely N-dealkylation sites (tertiary alicyclic amines) is 1. The van der Waals surface area contributed by atoms with Crippen LogP contribution in [-0.2, 0) is 0 Å². The van der Waals surface area contributed by atoms with Crippen molar-refractivity contribution in [2.45, 2.75) is 27.2 Å². The van der Waals surface area contributed by atoms with Crippen molar-refractivity contribution in [3.8, 4) is 0 Å². The molecule has 0 aromatic rings. The molecule has 1 fully saturated rings. The van der Waals surface area contributed by atoms with E-state index < -0.39 is 0 Å². The van der Waals surface area contributed by atoms with Crippen LogP contribution in [0.1, 0.15) is 27.2 Å². The molecule has 0 aliphatic carbocycles. The molecular weight excluding hydrogens is 134 g/mol. The Morgan fingerprint density at radius 3 is 2.36 bits per heavy atom. The van der Waals surface area contributed by atoms with Gasteiger partial charge in [-0.25, -0.2) is 0 Å². The Morgan fingerprint density at radius 2 is 1.73 bits per heavy atom. The molecule has 1 rings (SSSR count). The minimum Gasteiger partial charge on any atom is -0.306 e. The number of hydrogen-bond acceptors (Lipinski definition) is 1. The third-order valence-electron chi connectivity index (χ3n) is 3.36. The topological polar surface area (TPSA) is 3.24 Å². The fraction of sp³-hybridized carbons (Fsp3) is 1.00. The van der Waals surface area contributed by atoms with E-state index >= 15 is 0 Å². The molecule has 1 aliphatic rings. The summed E-state index contributed by atoms with van der Waals surface area (Å²) in [6.07, 6.45) is 1.38. The van der Waals surface area contributed by atoms with Gasteiger partial charge >= 0.3 is 0 Å². The second kappa shape index (κ2) is 3.57. The molecule has 0 aromatic carbocycles. The molecule has 1 heterocycles. The Balaban J connectivity index is 2.53. The standard InChI is InChI=1S/C10H21N/c1-8-5-6-11(4)7-9(2)10(8)3/h8-10H,5-7H2,1-4H3/t8-,9+,10-/m0/s1. The summed E-state index contributed by atoms with van der Waals surface area (Å²) in [7, 11) is 2.24. The fourth-order valence-electron chi connectivity index (χ4n) is 2.00. The van der Waals surface area contributed by atoms with Crippen LogP contribution in [0.5, 0.6) is 0 Å². The van der Waals surface area contributed by atoms with Crippen LogP contribution in [0.25, 0.3) is 0 Å². The van der Waals surface area contributed by atoms with Crippen LogP contribution < -0.4 is 0 Å². The van der Waals surface area contributed by atoms with Crippen molar-refractivity contribution in [2.75, 3.05) is 20.1 Å². The highest BCUT2D eigenvalue weighted by molar-refractivity contribution is 4.75. The van der Waals surface area contributed by atoms with E-state index in [2.05, 4.69) is 32.7 Å². The third-order valence-corrected chi connectivity index (χ3v) is 3.36. The SMILES string of the molecule is C[C@@H]1[C@H](C)CN(C)CC[C@@H]1C. The van der Waals surface area contributed by atoms with E-state index in [1.807, 2.05) is 0 Å². The number of hydrogen-bond donors (Lipinski definition) is 0. The van der Waals surface area contributed by atoms with Crippen LogP contribution in [0.15, 0.2) is 0 Å². The molecule has 1 heteroatoms. The van der Waals surface area contributed by atoms with E-state index in [9.17, 15) is 0 Å². The Hall–Kier alpha value is -0.0400. The van der Waals surface area contributed by atoms with Gasteiger partial charge in [0.15, 0.2) is 0 Å². The molecule has 1 saturated heterocycles. The molecule has 11 heavy (non-hydrogen) atoms. The van der Waals surface area contributed by atoms with Gasteiger partial charge in [0.25, 0.3) is 0 Å². The zero-order valence-corrected chi connectivity index (χ0v) is 8.30. The summed E-state index contributed by atoms with van der Waals surface area (Å²) in [4.78, 5) is 2.46. The molecule has 0 aromatic heterocycles. The first-order valence-electron chi connectivity index (χ1n) is 4.79. The van der Waals surface area contributed by atoms with E-state index in [0.29, 0.717) is 0 Å². The predicted octanol–water partition coefficient (Wildman–Crippen LogP) is 2.23. The largest absolute Gasteiger partial charge is 0.306 e. The van der Waals surface area contributed by atoms with Crippen molar-refractivity contribution in [1.82, 2.24) is 4.90 Å². The van der Waals surface area contributed by atoms with E-state index in [-0.39, 0.29) is 0 Å². The molecule has 0 N–H and O–H groups in total. The highest BCUT2D eigenvalue weighted by atomic mass is 15.1. The van der Waals surface area contributed by atoms with Crippen LogP contribution in [0.3, 0.4) is 0 Å². The molecule has 66 valence electrons. The van der Waals surface area contributed by atoms with Crippen molar-refractivity contribution in [3.63, 3.8) is 0 Å². The highest BCUT2D eigenvalue weighted by Gasteiger charge is 2.23. The maximum atomic E-state index is 2.46. The maximum absolute atomic E-state index is 2.46. The van der Waals surface area contributed by atoms with Crippen molar-refractivity contribution < 1.29 is 0 Å². The summed E-state index contributed by atoms with van der Waals surface area (Å²) in [5.41, 5.74) is 0. The summed E-state index contributed by atoms with van der Waals surface area (Å²) < 4.78 is 0. The lowest BCUT2D eigenvalue weighted by atomic mass is 9.85. The maximum Gasteiger partial charge on any atom is 0.000661 e. The molecular formula is C10H21N. The zero-order valence-electron chi connectivity index (χ0n) is 8.30. The van der Waals surface area contributed by atoms with Gasteiger partial charge < -0.3 is 4.90 Å². The molecule has 3 atom stereocenters. The van der Waals surface area contributed by atoms with Crippen LogP contribution in [0.2, 0.25) is 0 Å². The van der Waals surface area contributed by atoms with E-state index in [1.54, 1.807) is 0 Å². The molecule has 1 nitrogen and oxygen atoms in total. The third kappa shape index (κ3) is 2.19. The average Bonchev–Trinajstić information content (AvgIpc) is 2.05. The van der Waals surface area contributed by atoms with Gasteiger partial charge in [-0.2, -0.15) is 0 Å². The highest BCUT2D eigenvalue weighted by Crippen LogP contribution is 2.26. The van der Waals surface area contributed by atoms with Crippen LogP contribution >= 0.6 is 0 Å². The molecule has 0 saturated carbocycles. The smallest absolute Gasteiger partial charge is 0.000661 e. The van der Waals surface area contributed by atoms with E-state index in [1.165, 1.54) is 19.5 Å². The predicted molar refractivity (Wildman–Crippen MR) is 49.6 cm³/mol. The van der Waals surface area contributed by atoms with E-state index in [0.717, 1.165) is 17.8 Å². The second-order valence-corrected chi connectivity index (χ2v) is 4.36. The van der Waals surface area contributed by atoms with Crippen LogP contribution in [0.4, 0.5) is 0 Å². The van der Waals surface area contributed by atoms with Gasteiger partial charge in [-0.1, -0.05) is 20.8 Å². The molecule has 0 spiro atoms. The zero-order chi connectivity index (χ0) is 8.43. The summed E-state index contributed by atoms with van der Waals surface area (Å²) in [6.45, 7) is 9.74. The lowest BCUT2D eigenvalue weighted by Crippen LogP contribution is -2.24. The first-order chi connectivity index (χ1) is 5.11. The lowest BCUT2D eigenvalue weighted by Gasteiger charge is -2.22. The van der Waals surface area contributed by atoms with Gasteiger partial charge in [-0.05, 0) is 37.8 Å². The first-order valence-corrected chi connectivity index (χ1v) is 4.79. The van der Waals surface area contributed by atoms with Gasteiger partial charge in [-0.3, -0.25) is 0 Å². The average molecular weight is 155 g/mol. The Morgan fingerprint density at radius 1 is 1.09 bits per heavy atom. The normalized spacial score (nSPS) is 42.0. The Bertz CT molecular complexity index is 122. The first kappa shape index (κ1) is 9.05. The monoisotopic (exact) mass is 155 g/mol. The van der Waals surface area contributed by atoms with Gasteiger partial charge in [0.05, 0.1) is 0 Å². The summed E-state index contributed by atoms with van der Waals surface area (Å²) in [5.74, 6) is 2.69. The summed E-state index contributed by atoms with van der Waals surface area (Å²) in [6, 6.07) is 0. The lowest BCUT2D eigenvalue weighted by molar-refractivity contribution is 0.265. The Kier molecular flexibility index (Phi) is 2.94. The Labute approximate surface area is 70.8 Å². The molecule has 0 bridgehead atoms. The van der Waals surface area contributed by atoms with Crippen molar-refractivity contribution in [3.05, 3.63) is 0 Å². The number of nitrogens with zero attached hydrogens (tertiary/aromatic N) is 1. The van der Waals surface area contributed by atoms with Crippen molar-refractivity contribution in [1.29, 1.82) is 0 Å².